The van der Waals surface area contributed by atoms with Crippen LogP contribution >= 0.6 is 0 Å². The van der Waals surface area contributed by atoms with E-state index in [2.05, 4.69) is 109 Å². The van der Waals surface area contributed by atoms with Crippen LogP contribution in [0.4, 0.5) is 0 Å². The number of aryl methyl sites for hydroxylation is 2. The Morgan fingerprint density at radius 3 is 0.833 bits per heavy atom. The Hall–Kier alpha value is -5.20. The Balaban J connectivity index is 0.763. The minimum atomic E-state index is 1.17. The molecule has 0 fully saturated rings. The Morgan fingerprint density at radius 1 is 0.229 bits per heavy atom. The third-order valence-corrected chi connectivity index (χ3v) is 12.4. The van der Waals surface area contributed by atoms with Crippen LogP contribution in [-0.4, -0.2) is 0 Å². The van der Waals surface area contributed by atoms with E-state index in [1.54, 1.807) is 0 Å². The molecule has 0 unspecified atom stereocenters. The summed E-state index contributed by atoms with van der Waals surface area (Å²) in [5, 5.41) is 29.0. The van der Waals surface area contributed by atoms with Crippen LogP contribution in [0.2, 0.25) is 0 Å². The van der Waals surface area contributed by atoms with Crippen LogP contribution in [0.1, 0.15) is 49.7 Å². The molecule has 0 atom stereocenters. The zero-order valence-corrected chi connectivity index (χ0v) is 27.0. The summed E-state index contributed by atoms with van der Waals surface area (Å²) in [6.45, 7) is 0. The lowest BCUT2D eigenvalue weighted by atomic mass is 9.92. The Morgan fingerprint density at radius 2 is 0.479 bits per heavy atom. The second-order valence-electron chi connectivity index (χ2n) is 14.8. The van der Waals surface area contributed by atoms with Crippen molar-refractivity contribution in [1.29, 1.82) is 0 Å². The molecule has 0 amide bonds. The van der Waals surface area contributed by atoms with Gasteiger partial charge in [0, 0.05) is 0 Å². The smallest absolute Gasteiger partial charge is 0.00111 e. The molecule has 0 saturated heterocycles. The highest BCUT2D eigenvalue weighted by molar-refractivity contribution is 6.45. The van der Waals surface area contributed by atoms with Crippen molar-refractivity contribution in [2.75, 3.05) is 0 Å². The predicted octanol–water partition coefficient (Wildman–Crippen LogP) is 14.0. The van der Waals surface area contributed by atoms with E-state index in [1.807, 2.05) is 0 Å². The molecular formula is C48H34. The summed E-state index contributed by atoms with van der Waals surface area (Å²) >= 11 is 0. The Kier molecular flexibility index (Phi) is 4.97. The first-order valence-corrected chi connectivity index (χ1v) is 18.1. The number of benzene rings is 10. The first-order valence-electron chi connectivity index (χ1n) is 18.1. The first kappa shape index (κ1) is 25.8. The number of hydrogen-bond acceptors (Lipinski definition) is 0. The van der Waals surface area contributed by atoms with Crippen LogP contribution in [0.25, 0.3) is 108 Å². The van der Waals surface area contributed by atoms with Gasteiger partial charge < -0.3 is 0 Å². The maximum atomic E-state index is 2.51. The second kappa shape index (κ2) is 9.24. The van der Waals surface area contributed by atoms with Crippen LogP contribution in [0, 0.1) is 0 Å². The van der Waals surface area contributed by atoms with E-state index in [0.29, 0.717) is 0 Å². The maximum absolute atomic E-state index is 2.51. The monoisotopic (exact) mass is 610 g/mol. The molecule has 0 nitrogen and oxygen atoms in total. The summed E-state index contributed by atoms with van der Waals surface area (Å²) in [6.07, 6.45) is 10.2. The average Bonchev–Trinajstić information content (AvgIpc) is 3.69. The highest BCUT2D eigenvalue weighted by atomic mass is 14.3. The SMILES string of the molecule is c1cc2ccc3cc(CCCCCCCCc4cc5ccc6ccc7ccc8ccc4c4c8c7c6c54)c4ccc5ccc1c1c2c3c4c51. The minimum absolute atomic E-state index is 1.17. The molecular weight excluding hydrogens is 577 g/mol. The average molecular weight is 611 g/mol. The van der Waals surface area contributed by atoms with Gasteiger partial charge in [0.1, 0.15) is 0 Å². The fourth-order valence-electron chi connectivity index (χ4n) is 10.2. The van der Waals surface area contributed by atoms with Crippen LogP contribution in [0.5, 0.6) is 0 Å². The van der Waals surface area contributed by atoms with Gasteiger partial charge in [-0.1, -0.05) is 135 Å². The van der Waals surface area contributed by atoms with E-state index in [4.69, 9.17) is 0 Å². The van der Waals surface area contributed by atoms with Crippen molar-refractivity contribution in [2.24, 2.45) is 0 Å². The third-order valence-electron chi connectivity index (χ3n) is 12.4. The van der Waals surface area contributed by atoms with E-state index >= 15 is 0 Å². The van der Waals surface area contributed by atoms with Gasteiger partial charge in [0.15, 0.2) is 0 Å². The quantitative estimate of drug-likeness (QED) is 0.113. The first-order chi connectivity index (χ1) is 23.8. The fraction of sp³-hybridized carbons (Fsp3) is 0.167. The molecule has 12 aromatic carbocycles. The highest BCUT2D eigenvalue weighted by Gasteiger charge is 2.22. The molecule has 0 aliphatic rings. The zero-order chi connectivity index (χ0) is 31.1. The van der Waals surface area contributed by atoms with Gasteiger partial charge in [-0.15, -0.1) is 0 Å². The number of hydrogen-bond donors (Lipinski definition) is 0. The molecule has 12 rings (SSSR count). The lowest BCUT2D eigenvalue weighted by Crippen LogP contribution is -1.91. The van der Waals surface area contributed by atoms with E-state index in [-0.39, 0.29) is 0 Å². The molecule has 226 valence electrons. The van der Waals surface area contributed by atoms with Crippen molar-refractivity contribution >= 4 is 108 Å². The summed E-state index contributed by atoms with van der Waals surface area (Å²) < 4.78 is 0. The molecule has 0 saturated carbocycles. The maximum Gasteiger partial charge on any atom is -0.00111 e. The molecule has 0 bridgehead atoms. The molecule has 0 heterocycles. The van der Waals surface area contributed by atoms with Gasteiger partial charge in [0.05, 0.1) is 0 Å². The highest BCUT2D eigenvalue weighted by Crippen LogP contribution is 2.50. The molecule has 0 N–H and O–H groups in total. The fourth-order valence-corrected chi connectivity index (χ4v) is 10.2. The Bertz CT molecular complexity index is 2810. The summed E-state index contributed by atoms with van der Waals surface area (Å²) in [5.74, 6) is 0. The van der Waals surface area contributed by atoms with Crippen molar-refractivity contribution in [3.05, 3.63) is 120 Å². The molecule has 0 radical (unpaired) electrons. The third kappa shape index (κ3) is 3.21. The van der Waals surface area contributed by atoms with Crippen LogP contribution in [0.3, 0.4) is 0 Å². The van der Waals surface area contributed by atoms with Crippen molar-refractivity contribution in [1.82, 2.24) is 0 Å². The van der Waals surface area contributed by atoms with E-state index < -0.39 is 0 Å². The molecule has 12 aromatic rings. The second-order valence-corrected chi connectivity index (χ2v) is 14.8. The molecule has 0 aliphatic carbocycles. The molecule has 0 spiro atoms. The van der Waals surface area contributed by atoms with E-state index in [1.165, 1.54) is 170 Å². The van der Waals surface area contributed by atoms with E-state index in [9.17, 15) is 0 Å². The van der Waals surface area contributed by atoms with Gasteiger partial charge in [-0.05, 0) is 145 Å². The van der Waals surface area contributed by atoms with Crippen molar-refractivity contribution in [3.8, 4) is 0 Å². The van der Waals surface area contributed by atoms with Crippen molar-refractivity contribution in [3.63, 3.8) is 0 Å². The van der Waals surface area contributed by atoms with Crippen molar-refractivity contribution in [2.45, 2.75) is 51.4 Å². The van der Waals surface area contributed by atoms with E-state index in [0.717, 1.165) is 0 Å². The molecule has 0 aliphatic heterocycles. The van der Waals surface area contributed by atoms with Gasteiger partial charge in [-0.25, -0.2) is 0 Å². The molecule has 0 heteroatoms. The van der Waals surface area contributed by atoms with Crippen LogP contribution in [-0.2, 0) is 12.8 Å². The zero-order valence-electron chi connectivity index (χ0n) is 27.0. The van der Waals surface area contributed by atoms with Gasteiger partial charge >= 0.3 is 0 Å². The minimum Gasteiger partial charge on any atom is -0.0537 e. The summed E-state index contributed by atoms with van der Waals surface area (Å²) in [4.78, 5) is 0. The summed E-state index contributed by atoms with van der Waals surface area (Å²) in [5.41, 5.74) is 3.07. The normalized spacial score (nSPS) is 13.2. The van der Waals surface area contributed by atoms with Crippen molar-refractivity contribution < 1.29 is 0 Å². The summed E-state index contributed by atoms with van der Waals surface area (Å²) in [7, 11) is 0. The lowest BCUT2D eigenvalue weighted by molar-refractivity contribution is 0.595. The van der Waals surface area contributed by atoms with Crippen LogP contribution < -0.4 is 0 Å². The van der Waals surface area contributed by atoms with Gasteiger partial charge in [-0.3, -0.25) is 0 Å². The van der Waals surface area contributed by atoms with Gasteiger partial charge in [-0.2, -0.15) is 0 Å². The molecule has 48 heavy (non-hydrogen) atoms. The number of unbranched alkanes of at least 4 members (excludes halogenated alkanes) is 5. The number of rotatable bonds is 9. The lowest BCUT2D eigenvalue weighted by Gasteiger charge is -2.12. The standard InChI is InChI=1S/C48H34/c1(3-5-7-33-25-35-19-17-29-11-9-27-13-15-31-21-23-37(33)47-43(31)39(27)41(29)45(35)47)2-4-6-8-34-26-36-20-18-30-12-10-28-14-16-32-22-24-38(34)48-44(32)40(28)42(30)46(36)48/h9-26H,1-8H2. The topological polar surface area (TPSA) is 0 Å². The largest absolute Gasteiger partial charge is 0.0537 e. The Labute approximate surface area is 278 Å². The summed E-state index contributed by atoms with van der Waals surface area (Å²) in [6, 6.07) is 42.5. The molecule has 0 aromatic heterocycles. The van der Waals surface area contributed by atoms with Gasteiger partial charge in [0.2, 0.25) is 0 Å². The van der Waals surface area contributed by atoms with Crippen LogP contribution in [0.15, 0.2) is 109 Å². The van der Waals surface area contributed by atoms with Gasteiger partial charge in [0.25, 0.3) is 0 Å². The predicted molar refractivity (Wildman–Crippen MR) is 210 cm³/mol.